The summed E-state index contributed by atoms with van der Waals surface area (Å²) in [4.78, 5) is 2.67. The van der Waals surface area contributed by atoms with E-state index in [1.807, 2.05) is 18.7 Å². The van der Waals surface area contributed by atoms with Crippen molar-refractivity contribution in [1.82, 2.24) is 0 Å². The Morgan fingerprint density at radius 1 is 1.58 bits per heavy atom. The quantitative estimate of drug-likeness (QED) is 0.373. The van der Waals surface area contributed by atoms with Gasteiger partial charge in [-0.25, -0.2) is 0 Å². The Bertz CT molecular complexity index is 203. The van der Waals surface area contributed by atoms with Crippen LogP contribution in [0, 0.1) is 0 Å². The first-order chi connectivity index (χ1) is 5.69. The Labute approximate surface area is 81.3 Å². The maximum Gasteiger partial charge on any atom is 0.103 e. The third-order valence-electron chi connectivity index (χ3n) is 2.05. The molecule has 0 unspecified atom stereocenters. The highest BCUT2D eigenvalue weighted by molar-refractivity contribution is 8.04. The van der Waals surface area contributed by atoms with Crippen LogP contribution in [0.3, 0.4) is 0 Å². The molecule has 0 aliphatic carbocycles. The zero-order chi connectivity index (χ0) is 9.03. The van der Waals surface area contributed by atoms with Crippen LogP contribution in [0.25, 0.3) is 10.4 Å². The van der Waals surface area contributed by atoms with Crippen LogP contribution in [-0.4, -0.2) is 21.6 Å². The predicted octanol–water partition coefficient (Wildman–Crippen LogP) is 3.27. The lowest BCUT2D eigenvalue weighted by atomic mass is 10.2. The van der Waals surface area contributed by atoms with Gasteiger partial charge in [-0.1, -0.05) is 12.0 Å². The number of nitrogens with zero attached hydrogens (tertiary/aromatic N) is 3. The molecule has 1 rings (SSSR count). The summed E-state index contributed by atoms with van der Waals surface area (Å²) in [5.74, 6) is 2.29. The number of hydrogen-bond acceptors (Lipinski definition) is 3. The van der Waals surface area contributed by atoms with Crippen molar-refractivity contribution < 1.29 is 0 Å². The van der Waals surface area contributed by atoms with Gasteiger partial charge < -0.3 is 0 Å². The molecule has 0 radical (unpaired) electrons. The first-order valence-corrected chi connectivity index (χ1v) is 6.04. The highest BCUT2D eigenvalue weighted by Gasteiger charge is 2.32. The van der Waals surface area contributed by atoms with Gasteiger partial charge in [-0.15, -0.1) is 11.8 Å². The first-order valence-electron chi connectivity index (χ1n) is 4.01. The van der Waals surface area contributed by atoms with Crippen LogP contribution in [0.2, 0.25) is 0 Å². The maximum atomic E-state index is 8.43. The Morgan fingerprint density at radius 2 is 2.33 bits per heavy atom. The molecule has 0 spiro atoms. The molecule has 1 aliphatic heterocycles. The highest BCUT2D eigenvalue weighted by atomic mass is 32.2. The van der Waals surface area contributed by atoms with Gasteiger partial charge in [0, 0.05) is 10.2 Å². The summed E-state index contributed by atoms with van der Waals surface area (Å²) in [6, 6.07) is 0. The molecule has 0 N–H and O–H groups in total. The van der Waals surface area contributed by atoms with Crippen LogP contribution < -0.4 is 0 Å². The van der Waals surface area contributed by atoms with Crippen LogP contribution in [0.15, 0.2) is 5.11 Å². The van der Waals surface area contributed by atoms with E-state index in [-0.39, 0.29) is 4.87 Å². The Kier molecular flexibility index (Phi) is 3.62. The molecule has 68 valence electrons. The van der Waals surface area contributed by atoms with Crippen molar-refractivity contribution in [2.75, 3.05) is 11.5 Å². The van der Waals surface area contributed by atoms with Crippen molar-refractivity contribution >= 4 is 23.5 Å². The summed E-state index contributed by atoms with van der Waals surface area (Å²) in [6.45, 7) is 4.16. The Balaban J connectivity index is 2.75. The second kappa shape index (κ2) is 4.30. The molecule has 12 heavy (non-hydrogen) atoms. The summed E-state index contributed by atoms with van der Waals surface area (Å²) < 4.78 is 0. The van der Waals surface area contributed by atoms with Crippen LogP contribution in [0.4, 0.5) is 0 Å². The van der Waals surface area contributed by atoms with E-state index in [0.29, 0.717) is 5.25 Å². The summed E-state index contributed by atoms with van der Waals surface area (Å²) in [5, 5.41) is 4.30. The average molecular weight is 203 g/mol. The molecule has 0 saturated carbocycles. The van der Waals surface area contributed by atoms with Crippen molar-refractivity contribution in [3.8, 4) is 0 Å². The fourth-order valence-electron chi connectivity index (χ4n) is 1.07. The van der Waals surface area contributed by atoms with E-state index in [9.17, 15) is 0 Å². The van der Waals surface area contributed by atoms with Gasteiger partial charge in [0.2, 0.25) is 0 Å². The van der Waals surface area contributed by atoms with Gasteiger partial charge in [-0.2, -0.15) is 11.8 Å². The van der Waals surface area contributed by atoms with E-state index in [1.54, 1.807) is 11.8 Å². The molecule has 2 atom stereocenters. The van der Waals surface area contributed by atoms with Gasteiger partial charge in [0.1, 0.15) is 4.87 Å². The number of azide groups is 1. The molecule has 0 aromatic heterocycles. The van der Waals surface area contributed by atoms with E-state index in [0.717, 1.165) is 5.75 Å². The van der Waals surface area contributed by atoms with E-state index in [1.165, 1.54) is 12.2 Å². The highest BCUT2D eigenvalue weighted by Crippen LogP contribution is 2.40. The second-order valence-corrected chi connectivity index (χ2v) is 5.93. The van der Waals surface area contributed by atoms with E-state index < -0.39 is 0 Å². The largest absolute Gasteiger partial charge is 0.157 e. The minimum absolute atomic E-state index is 0.240. The molecule has 0 aromatic rings. The molecule has 3 nitrogen and oxygen atoms in total. The summed E-state index contributed by atoms with van der Waals surface area (Å²) in [7, 11) is 0. The third kappa shape index (κ3) is 2.25. The molecule has 1 fully saturated rings. The molecule has 0 amide bonds. The van der Waals surface area contributed by atoms with Crippen molar-refractivity contribution in [3.63, 3.8) is 0 Å². The third-order valence-corrected chi connectivity index (χ3v) is 5.19. The SMILES string of the molecule is C[C@H]1SCCCS[C@]1(C)N=[N+]=[N-]. The molecule has 0 aromatic carbocycles. The molecule has 0 bridgehead atoms. The topological polar surface area (TPSA) is 48.8 Å². The van der Waals surface area contributed by atoms with Gasteiger partial charge in [0.15, 0.2) is 0 Å². The Morgan fingerprint density at radius 3 is 3.00 bits per heavy atom. The maximum absolute atomic E-state index is 8.43. The lowest BCUT2D eigenvalue weighted by molar-refractivity contribution is 0.664. The first kappa shape index (κ1) is 10.1. The standard InChI is InChI=1S/C7H13N3S2/c1-6-7(2,9-10-8)12-5-3-4-11-6/h6H,3-5H2,1-2H3/t6-,7+/m1/s1. The minimum atomic E-state index is -0.240. The monoisotopic (exact) mass is 203 g/mol. The van der Waals surface area contributed by atoms with Gasteiger partial charge in [-0.05, 0) is 30.4 Å². The van der Waals surface area contributed by atoms with Gasteiger partial charge >= 0.3 is 0 Å². The number of hydrogen-bond donors (Lipinski definition) is 0. The van der Waals surface area contributed by atoms with Crippen LogP contribution >= 0.6 is 23.5 Å². The molecule has 1 saturated heterocycles. The summed E-state index contributed by atoms with van der Waals surface area (Å²) in [6.07, 6.45) is 1.22. The lowest BCUT2D eigenvalue weighted by Crippen LogP contribution is -2.27. The number of rotatable bonds is 1. The summed E-state index contributed by atoms with van der Waals surface area (Å²) in [5.41, 5.74) is 8.43. The lowest BCUT2D eigenvalue weighted by Gasteiger charge is -2.27. The average Bonchev–Trinajstić information content (AvgIpc) is 2.17. The minimum Gasteiger partial charge on any atom is -0.157 e. The van der Waals surface area contributed by atoms with Gasteiger partial charge in [0.25, 0.3) is 0 Å². The zero-order valence-electron chi connectivity index (χ0n) is 7.36. The number of thioether (sulfide) groups is 2. The normalized spacial score (nSPS) is 36.7. The van der Waals surface area contributed by atoms with E-state index in [4.69, 9.17) is 5.53 Å². The fraction of sp³-hybridized carbons (Fsp3) is 1.00. The zero-order valence-corrected chi connectivity index (χ0v) is 8.99. The fourth-order valence-corrected chi connectivity index (χ4v) is 3.71. The smallest absolute Gasteiger partial charge is 0.103 e. The van der Waals surface area contributed by atoms with Gasteiger partial charge in [-0.3, -0.25) is 0 Å². The molecular weight excluding hydrogens is 190 g/mol. The molecular formula is C7H13N3S2. The van der Waals surface area contributed by atoms with Gasteiger partial charge in [0.05, 0.1) is 0 Å². The van der Waals surface area contributed by atoms with Crippen LogP contribution in [0.1, 0.15) is 20.3 Å². The molecule has 5 heteroatoms. The molecule has 1 aliphatic rings. The second-order valence-electron chi connectivity index (χ2n) is 2.96. The van der Waals surface area contributed by atoms with E-state index in [2.05, 4.69) is 16.9 Å². The predicted molar refractivity (Wildman–Crippen MR) is 56.5 cm³/mol. The van der Waals surface area contributed by atoms with Crippen LogP contribution in [-0.2, 0) is 0 Å². The van der Waals surface area contributed by atoms with Crippen molar-refractivity contribution in [1.29, 1.82) is 0 Å². The van der Waals surface area contributed by atoms with Crippen molar-refractivity contribution in [2.45, 2.75) is 30.4 Å². The van der Waals surface area contributed by atoms with Crippen molar-refractivity contribution in [3.05, 3.63) is 10.4 Å². The Hall–Kier alpha value is 0.01000. The van der Waals surface area contributed by atoms with E-state index >= 15 is 0 Å². The molecule has 1 heterocycles. The summed E-state index contributed by atoms with van der Waals surface area (Å²) >= 11 is 3.68. The van der Waals surface area contributed by atoms with Crippen molar-refractivity contribution in [2.24, 2.45) is 5.11 Å². The van der Waals surface area contributed by atoms with Crippen LogP contribution in [0.5, 0.6) is 0 Å².